The summed E-state index contributed by atoms with van der Waals surface area (Å²) < 4.78 is 40.5. The molecule has 0 aliphatic carbocycles. The number of benzene rings is 1. The largest absolute Gasteiger partial charge is 0.417 e. The van der Waals surface area contributed by atoms with Gasteiger partial charge in [0, 0.05) is 12.2 Å². The molecule has 4 nitrogen and oxygen atoms in total. The molecule has 1 aliphatic heterocycles. The molecule has 0 radical (unpaired) electrons. The first-order valence-corrected chi connectivity index (χ1v) is 11.6. The SMILES string of the molecule is C[C@H]1CN(c2ccc(C(F)(F)F)c(Cl)c2)C(=O)c2c(C#CS(C)(C)C)cnn21. The molecule has 1 atom stereocenters. The number of rotatable bonds is 1. The van der Waals surface area contributed by atoms with Gasteiger partial charge in [0.2, 0.25) is 0 Å². The summed E-state index contributed by atoms with van der Waals surface area (Å²) in [6.45, 7) is 2.15. The van der Waals surface area contributed by atoms with Gasteiger partial charge in [-0.1, -0.05) is 17.5 Å². The average molecular weight is 430 g/mol. The molecule has 1 aliphatic rings. The Morgan fingerprint density at radius 1 is 1.29 bits per heavy atom. The van der Waals surface area contributed by atoms with Crippen LogP contribution in [0, 0.1) is 11.2 Å². The summed E-state index contributed by atoms with van der Waals surface area (Å²) >= 11 is 5.83. The molecule has 1 aromatic carbocycles. The van der Waals surface area contributed by atoms with Gasteiger partial charge in [0.05, 0.1) is 28.4 Å². The van der Waals surface area contributed by atoms with Crippen LogP contribution in [0.4, 0.5) is 18.9 Å². The average Bonchev–Trinajstić information content (AvgIpc) is 2.99. The normalized spacial score (nSPS) is 17.8. The molecular weight excluding hydrogens is 411 g/mol. The lowest BCUT2D eigenvalue weighted by Crippen LogP contribution is -2.43. The van der Waals surface area contributed by atoms with Gasteiger partial charge >= 0.3 is 6.18 Å². The van der Waals surface area contributed by atoms with Crippen molar-refractivity contribution in [2.75, 3.05) is 30.2 Å². The van der Waals surface area contributed by atoms with Crippen LogP contribution in [-0.2, 0) is 6.18 Å². The lowest BCUT2D eigenvalue weighted by molar-refractivity contribution is -0.137. The maximum absolute atomic E-state index is 13.1. The predicted octanol–water partition coefficient (Wildman–Crippen LogP) is 4.78. The first kappa shape index (κ1) is 20.6. The fraction of sp³-hybridized carbons (Fsp3) is 0.368. The fourth-order valence-electron chi connectivity index (χ4n) is 2.89. The molecule has 28 heavy (non-hydrogen) atoms. The molecule has 2 aromatic rings. The van der Waals surface area contributed by atoms with Crippen LogP contribution in [0.3, 0.4) is 0 Å². The van der Waals surface area contributed by atoms with E-state index in [1.807, 2.05) is 25.7 Å². The standard InChI is InChI=1S/C19H19ClF3N3OS/c1-12-11-25(14-5-6-15(16(20)9-14)19(21,22)23)18(27)17-13(10-24-26(12)17)7-8-28(2,3)4/h5-6,9-10,12H,11H2,1-4H3/t12-/m0/s1. The quantitative estimate of drug-likeness (QED) is 0.612. The lowest BCUT2D eigenvalue weighted by Gasteiger charge is -2.32. The summed E-state index contributed by atoms with van der Waals surface area (Å²) in [5.74, 6) is 2.68. The zero-order valence-corrected chi connectivity index (χ0v) is 17.3. The second-order valence-corrected chi connectivity index (χ2v) is 11.6. The minimum Gasteiger partial charge on any atom is -0.305 e. The Morgan fingerprint density at radius 3 is 2.54 bits per heavy atom. The number of alkyl halides is 3. The van der Waals surface area contributed by atoms with E-state index in [-0.39, 0.29) is 18.5 Å². The van der Waals surface area contributed by atoms with Crippen molar-refractivity contribution in [2.24, 2.45) is 0 Å². The Kier molecular flexibility index (Phi) is 5.19. The first-order valence-electron chi connectivity index (χ1n) is 8.35. The summed E-state index contributed by atoms with van der Waals surface area (Å²) in [6, 6.07) is 3.17. The van der Waals surface area contributed by atoms with Crippen molar-refractivity contribution in [3.05, 3.63) is 46.2 Å². The molecule has 0 bridgehead atoms. The maximum Gasteiger partial charge on any atom is 0.417 e. The van der Waals surface area contributed by atoms with E-state index in [2.05, 4.69) is 16.3 Å². The number of amides is 1. The summed E-state index contributed by atoms with van der Waals surface area (Å²) in [6.07, 6.45) is 3.13. The van der Waals surface area contributed by atoms with Crippen LogP contribution in [0.15, 0.2) is 24.4 Å². The van der Waals surface area contributed by atoms with Crippen molar-refractivity contribution in [3.63, 3.8) is 0 Å². The highest BCUT2D eigenvalue weighted by molar-refractivity contribution is 8.35. The van der Waals surface area contributed by atoms with E-state index < -0.39 is 26.8 Å². The maximum atomic E-state index is 13.1. The van der Waals surface area contributed by atoms with Crippen LogP contribution in [0.25, 0.3) is 0 Å². The molecule has 3 rings (SSSR count). The molecule has 1 amide bonds. The van der Waals surface area contributed by atoms with E-state index in [9.17, 15) is 18.0 Å². The number of carbonyl (C=O) groups excluding carboxylic acids is 1. The minimum absolute atomic E-state index is 0.161. The molecular formula is C19H19ClF3N3OS. The van der Waals surface area contributed by atoms with Gasteiger partial charge in [0.1, 0.15) is 5.69 Å². The molecule has 0 saturated heterocycles. The van der Waals surface area contributed by atoms with Crippen LogP contribution < -0.4 is 4.90 Å². The molecule has 150 valence electrons. The number of hydrogen-bond donors (Lipinski definition) is 0. The molecule has 0 N–H and O–H groups in total. The van der Waals surface area contributed by atoms with E-state index >= 15 is 0 Å². The second kappa shape index (κ2) is 7.05. The fourth-order valence-corrected chi connectivity index (χ4v) is 3.58. The van der Waals surface area contributed by atoms with Crippen molar-refractivity contribution >= 4 is 33.2 Å². The zero-order chi connectivity index (χ0) is 20.9. The van der Waals surface area contributed by atoms with Gasteiger partial charge in [-0.25, -0.2) is 0 Å². The van der Waals surface area contributed by atoms with E-state index in [4.69, 9.17) is 11.6 Å². The Labute approximate surface area is 168 Å². The number of halogens is 4. The Bertz CT molecular complexity index is 999. The topological polar surface area (TPSA) is 38.1 Å². The Hall–Kier alpha value is -2.11. The second-order valence-electron chi connectivity index (χ2n) is 7.34. The monoisotopic (exact) mass is 429 g/mol. The highest BCUT2D eigenvalue weighted by Crippen LogP contribution is 2.38. The van der Waals surface area contributed by atoms with Gasteiger partial charge in [0.15, 0.2) is 0 Å². The van der Waals surface area contributed by atoms with Crippen molar-refractivity contribution in [3.8, 4) is 11.2 Å². The summed E-state index contributed by atoms with van der Waals surface area (Å²) in [4.78, 5) is 14.5. The van der Waals surface area contributed by atoms with Crippen LogP contribution >= 0.6 is 21.6 Å². The van der Waals surface area contributed by atoms with Gasteiger partial charge in [-0.15, -0.1) is 0 Å². The van der Waals surface area contributed by atoms with Gasteiger partial charge in [-0.3, -0.25) is 9.48 Å². The van der Waals surface area contributed by atoms with E-state index in [0.717, 1.165) is 6.07 Å². The van der Waals surface area contributed by atoms with E-state index in [0.29, 0.717) is 16.9 Å². The molecule has 1 aromatic heterocycles. The molecule has 0 fully saturated rings. The molecule has 0 unspecified atom stereocenters. The van der Waals surface area contributed by atoms with Crippen LogP contribution in [0.2, 0.25) is 5.02 Å². The molecule has 9 heteroatoms. The zero-order valence-electron chi connectivity index (χ0n) is 15.8. The van der Waals surface area contributed by atoms with Crippen LogP contribution in [0.5, 0.6) is 0 Å². The van der Waals surface area contributed by atoms with Gasteiger partial charge < -0.3 is 4.90 Å². The highest BCUT2D eigenvalue weighted by atomic mass is 35.5. The Morgan fingerprint density at radius 2 is 1.96 bits per heavy atom. The van der Waals surface area contributed by atoms with Crippen molar-refractivity contribution < 1.29 is 18.0 Å². The number of aromatic nitrogens is 2. The third kappa shape index (κ3) is 4.01. The molecule has 0 spiro atoms. The van der Waals surface area contributed by atoms with Crippen LogP contribution in [0.1, 0.15) is 34.6 Å². The molecule has 0 saturated carbocycles. The van der Waals surface area contributed by atoms with Crippen molar-refractivity contribution in [1.82, 2.24) is 9.78 Å². The van der Waals surface area contributed by atoms with Crippen molar-refractivity contribution in [2.45, 2.75) is 19.1 Å². The third-order valence-corrected chi connectivity index (χ3v) is 5.20. The minimum atomic E-state index is -4.55. The van der Waals surface area contributed by atoms with E-state index in [1.54, 1.807) is 10.9 Å². The summed E-state index contributed by atoms with van der Waals surface area (Å²) in [5.41, 5.74) is 0.232. The summed E-state index contributed by atoms with van der Waals surface area (Å²) in [7, 11) is -1.09. The van der Waals surface area contributed by atoms with Gasteiger partial charge in [0.25, 0.3) is 5.91 Å². The van der Waals surface area contributed by atoms with Gasteiger partial charge in [-0.05, 0) is 49.1 Å². The Balaban J connectivity index is 2.02. The van der Waals surface area contributed by atoms with Gasteiger partial charge in [-0.2, -0.15) is 28.3 Å². The lowest BCUT2D eigenvalue weighted by atomic mass is 10.1. The number of hydrogen-bond acceptors (Lipinski definition) is 2. The molecule has 2 heterocycles. The number of nitrogens with zero attached hydrogens (tertiary/aromatic N) is 3. The number of anilines is 1. The predicted molar refractivity (Wildman–Crippen MR) is 107 cm³/mol. The van der Waals surface area contributed by atoms with E-state index in [1.165, 1.54) is 17.0 Å². The van der Waals surface area contributed by atoms with Crippen molar-refractivity contribution in [1.29, 1.82) is 0 Å². The highest BCUT2D eigenvalue weighted by Gasteiger charge is 2.36. The number of fused-ring (bicyclic) bond motifs is 1. The third-order valence-electron chi connectivity index (χ3n) is 4.17. The summed E-state index contributed by atoms with van der Waals surface area (Å²) in [5, 5.41) is 7.00. The first-order chi connectivity index (χ1) is 12.9. The van der Waals surface area contributed by atoms with Crippen LogP contribution in [-0.4, -0.2) is 41.0 Å². The number of carbonyl (C=O) groups is 1. The smallest absolute Gasteiger partial charge is 0.305 e.